The zero-order valence-electron chi connectivity index (χ0n) is 46.8. The van der Waals surface area contributed by atoms with Crippen LogP contribution < -0.4 is 5.32 Å². The predicted molar refractivity (Wildman–Crippen MR) is 300 cm³/mol. The van der Waals surface area contributed by atoms with E-state index in [-0.39, 0.29) is 12.5 Å². The van der Waals surface area contributed by atoms with Gasteiger partial charge in [-0.3, -0.25) is 4.79 Å². The zero-order chi connectivity index (χ0) is 51.5. The number of hydrogen-bond acceptors (Lipinski definition) is 8. The fraction of sp³-hybridized carbons (Fsp3) is 0.919. The Hall–Kier alpha value is -1.33. The Balaban J connectivity index is 2.14. The number of allylic oxidation sites excluding steroid dienone is 4. The lowest BCUT2D eigenvalue weighted by atomic mass is 9.99. The minimum absolute atomic E-state index is 0.139. The quantitative estimate of drug-likeness (QED) is 0.0261. The Labute approximate surface area is 439 Å². The maximum Gasteiger partial charge on any atom is 0.220 e. The maximum absolute atomic E-state index is 13.1. The van der Waals surface area contributed by atoms with Crippen LogP contribution in [0.5, 0.6) is 0 Å². The highest BCUT2D eigenvalue weighted by molar-refractivity contribution is 5.76. The molecule has 0 saturated carbocycles. The lowest BCUT2D eigenvalue weighted by molar-refractivity contribution is -0.302. The molecule has 71 heavy (non-hydrogen) atoms. The van der Waals surface area contributed by atoms with Crippen LogP contribution in [0.15, 0.2) is 24.3 Å². The molecule has 1 saturated heterocycles. The van der Waals surface area contributed by atoms with Gasteiger partial charge in [0, 0.05) is 6.42 Å². The normalized spacial score (nSPS) is 19.3. The van der Waals surface area contributed by atoms with Crippen LogP contribution in [0.25, 0.3) is 0 Å². The average molecular weight is 1010 g/mol. The van der Waals surface area contributed by atoms with Crippen molar-refractivity contribution < 1.29 is 39.8 Å². The van der Waals surface area contributed by atoms with Gasteiger partial charge in [0.2, 0.25) is 5.91 Å². The first-order valence-corrected chi connectivity index (χ1v) is 31.0. The van der Waals surface area contributed by atoms with Crippen LogP contribution in [0.2, 0.25) is 0 Å². The highest BCUT2D eigenvalue weighted by atomic mass is 16.7. The lowest BCUT2D eigenvalue weighted by Crippen LogP contribution is -2.60. The fourth-order valence-electron chi connectivity index (χ4n) is 10.1. The molecule has 0 aromatic carbocycles. The summed E-state index contributed by atoms with van der Waals surface area (Å²) in [5.41, 5.74) is 0. The van der Waals surface area contributed by atoms with Crippen molar-refractivity contribution in [2.24, 2.45) is 0 Å². The highest BCUT2D eigenvalue weighted by Crippen LogP contribution is 2.23. The second kappa shape index (κ2) is 52.1. The molecule has 1 amide bonds. The molecule has 0 aromatic heterocycles. The van der Waals surface area contributed by atoms with Gasteiger partial charge in [-0.2, -0.15) is 0 Å². The smallest absolute Gasteiger partial charge is 0.220 e. The summed E-state index contributed by atoms with van der Waals surface area (Å²) in [7, 11) is 0. The molecule has 7 unspecified atom stereocenters. The SMILES string of the molecule is CCCCCC/C=C\C/C=C\CCCCCCCCCC(=O)NC(COC1OC(CO)C(O)C(O)C1O)C(O)CCCCCCCCCCCCCCCCCCCCCCCCCCCCCCCC. The summed E-state index contributed by atoms with van der Waals surface area (Å²) < 4.78 is 11.3. The zero-order valence-corrected chi connectivity index (χ0v) is 46.8. The molecule has 1 heterocycles. The summed E-state index contributed by atoms with van der Waals surface area (Å²) in [4.78, 5) is 13.1. The van der Waals surface area contributed by atoms with Gasteiger partial charge in [0.25, 0.3) is 0 Å². The van der Waals surface area contributed by atoms with Crippen LogP contribution in [0.1, 0.15) is 309 Å². The number of ether oxygens (including phenoxy) is 2. The number of nitrogens with one attached hydrogen (secondary N) is 1. The topological polar surface area (TPSA) is 149 Å². The molecule has 7 atom stereocenters. The minimum atomic E-state index is -1.55. The molecule has 9 heteroatoms. The van der Waals surface area contributed by atoms with E-state index in [4.69, 9.17) is 9.47 Å². The van der Waals surface area contributed by atoms with Crippen molar-refractivity contribution in [3.8, 4) is 0 Å². The Morgan fingerprint density at radius 1 is 0.479 bits per heavy atom. The van der Waals surface area contributed by atoms with Crippen LogP contribution in [-0.4, -0.2) is 87.5 Å². The van der Waals surface area contributed by atoms with Crippen molar-refractivity contribution in [3.05, 3.63) is 24.3 Å². The minimum Gasteiger partial charge on any atom is -0.394 e. The van der Waals surface area contributed by atoms with Gasteiger partial charge in [0.05, 0.1) is 25.4 Å². The van der Waals surface area contributed by atoms with Crippen molar-refractivity contribution in [2.45, 2.75) is 352 Å². The van der Waals surface area contributed by atoms with E-state index in [0.29, 0.717) is 12.8 Å². The van der Waals surface area contributed by atoms with Gasteiger partial charge in [0.1, 0.15) is 24.4 Å². The lowest BCUT2D eigenvalue weighted by Gasteiger charge is -2.40. The predicted octanol–water partition coefficient (Wildman–Crippen LogP) is 15.7. The molecule has 1 rings (SSSR count). The number of unbranched alkanes of at least 4 members (excludes halogenated alkanes) is 40. The number of amides is 1. The van der Waals surface area contributed by atoms with Gasteiger partial charge >= 0.3 is 0 Å². The molecule has 0 aromatic rings. The summed E-state index contributed by atoms with van der Waals surface area (Å²) in [6.45, 7) is 3.85. The van der Waals surface area contributed by atoms with Crippen LogP contribution in [-0.2, 0) is 14.3 Å². The Morgan fingerprint density at radius 2 is 0.831 bits per heavy atom. The van der Waals surface area contributed by atoms with Crippen molar-refractivity contribution in [2.75, 3.05) is 13.2 Å². The van der Waals surface area contributed by atoms with Crippen LogP contribution >= 0.6 is 0 Å². The third-order valence-corrected chi connectivity index (χ3v) is 15.1. The molecule has 0 aliphatic carbocycles. The van der Waals surface area contributed by atoms with E-state index in [0.717, 1.165) is 51.4 Å². The van der Waals surface area contributed by atoms with Crippen LogP contribution in [0.3, 0.4) is 0 Å². The van der Waals surface area contributed by atoms with Gasteiger partial charge in [-0.05, 0) is 44.9 Å². The van der Waals surface area contributed by atoms with E-state index in [9.17, 15) is 30.3 Å². The summed E-state index contributed by atoms with van der Waals surface area (Å²) >= 11 is 0. The molecular formula is C62H119NO8. The second-order valence-electron chi connectivity index (χ2n) is 21.9. The fourth-order valence-corrected chi connectivity index (χ4v) is 10.1. The summed E-state index contributed by atoms with van der Waals surface area (Å²) in [6, 6.07) is -0.723. The molecule has 0 radical (unpaired) electrons. The molecule has 0 spiro atoms. The average Bonchev–Trinajstić information content (AvgIpc) is 3.37. The number of carbonyl (C=O) groups is 1. The Morgan fingerprint density at radius 3 is 1.23 bits per heavy atom. The van der Waals surface area contributed by atoms with E-state index < -0.39 is 49.5 Å². The first-order valence-electron chi connectivity index (χ1n) is 31.0. The van der Waals surface area contributed by atoms with E-state index in [1.165, 1.54) is 231 Å². The summed E-state index contributed by atoms with van der Waals surface area (Å²) in [5.74, 6) is -0.148. The summed E-state index contributed by atoms with van der Waals surface area (Å²) in [5, 5.41) is 54.7. The first-order chi connectivity index (χ1) is 34.8. The maximum atomic E-state index is 13.1. The monoisotopic (exact) mass is 1010 g/mol. The number of aliphatic hydroxyl groups is 5. The highest BCUT2D eigenvalue weighted by Gasteiger charge is 2.44. The number of carbonyl (C=O) groups excluding carboxylic acids is 1. The summed E-state index contributed by atoms with van der Waals surface area (Å²) in [6.07, 6.45) is 59.4. The van der Waals surface area contributed by atoms with Gasteiger partial charge < -0.3 is 40.3 Å². The van der Waals surface area contributed by atoms with E-state index in [1.807, 2.05) is 0 Å². The third kappa shape index (κ3) is 41.6. The molecule has 0 bridgehead atoms. The molecule has 1 aliphatic rings. The van der Waals surface area contributed by atoms with Crippen LogP contribution in [0.4, 0.5) is 0 Å². The van der Waals surface area contributed by atoms with E-state index in [2.05, 4.69) is 43.5 Å². The van der Waals surface area contributed by atoms with Gasteiger partial charge in [-0.25, -0.2) is 0 Å². The van der Waals surface area contributed by atoms with Crippen molar-refractivity contribution in [1.82, 2.24) is 5.32 Å². The van der Waals surface area contributed by atoms with Gasteiger partial charge in [0.15, 0.2) is 6.29 Å². The van der Waals surface area contributed by atoms with Crippen molar-refractivity contribution in [1.29, 1.82) is 0 Å². The van der Waals surface area contributed by atoms with Gasteiger partial charge in [-0.1, -0.05) is 282 Å². The largest absolute Gasteiger partial charge is 0.394 e. The third-order valence-electron chi connectivity index (χ3n) is 15.1. The van der Waals surface area contributed by atoms with E-state index >= 15 is 0 Å². The molecule has 9 nitrogen and oxygen atoms in total. The molecule has 420 valence electrons. The number of rotatable bonds is 54. The first kappa shape index (κ1) is 67.7. The Kier molecular flexibility index (Phi) is 49.7. The standard InChI is InChI=1S/C62H119NO8/c1-3-5-7-9-11-13-15-17-19-21-23-24-25-26-27-28-29-30-31-32-33-34-35-37-39-41-43-45-47-49-51-56(65)55(54-70-62-61(69)60(68)59(67)57(53-64)71-62)63-58(66)52-50-48-46-44-42-40-38-36-22-20-18-16-14-12-10-8-6-4-2/h14,16,20,22,55-57,59-62,64-65,67-69H,3-13,15,17-19,21,23-54H2,1-2H3,(H,63,66)/b16-14-,22-20-. The van der Waals surface area contributed by atoms with Crippen LogP contribution in [0, 0.1) is 0 Å². The number of aliphatic hydroxyl groups excluding tert-OH is 5. The van der Waals surface area contributed by atoms with Crippen molar-refractivity contribution in [3.63, 3.8) is 0 Å². The molecule has 1 fully saturated rings. The van der Waals surface area contributed by atoms with Gasteiger partial charge in [-0.15, -0.1) is 0 Å². The second-order valence-corrected chi connectivity index (χ2v) is 21.9. The molecule has 1 aliphatic heterocycles. The molecular weight excluding hydrogens is 887 g/mol. The Bertz CT molecular complexity index is 1170. The number of hydrogen-bond donors (Lipinski definition) is 6. The van der Waals surface area contributed by atoms with E-state index in [1.54, 1.807) is 0 Å². The molecule has 6 N–H and O–H groups in total. The van der Waals surface area contributed by atoms with Crippen molar-refractivity contribution >= 4 is 5.91 Å².